The van der Waals surface area contributed by atoms with Gasteiger partial charge in [0, 0.05) is 11.3 Å². The van der Waals surface area contributed by atoms with Gasteiger partial charge in [0.15, 0.2) is 9.84 Å². The van der Waals surface area contributed by atoms with Crippen molar-refractivity contribution in [3.8, 4) is 5.75 Å². The Bertz CT molecular complexity index is 857. The van der Waals surface area contributed by atoms with Crippen LogP contribution in [0.15, 0.2) is 47.4 Å². The lowest BCUT2D eigenvalue weighted by atomic mass is 10.1. The second-order valence-electron chi connectivity index (χ2n) is 5.66. The molecule has 0 bridgehead atoms. The Balaban J connectivity index is 1.78. The number of ether oxygens (including phenoxy) is 1. The molecule has 3 rings (SSSR count). The van der Waals surface area contributed by atoms with Crippen LogP contribution in [-0.2, 0) is 16.3 Å². The van der Waals surface area contributed by atoms with E-state index in [1.54, 1.807) is 36.4 Å². The standard InChI is InChI=1S/C18H19NO4S/c1-2-23-16-8-6-15(7-9-16)19-18(20)14-5-10-17-13(12-14)4-3-11-24(17,21)22/h5-10,12H,2-4,11H2,1H3,(H,19,20). The number of amides is 1. The Hall–Kier alpha value is -2.34. The third kappa shape index (κ3) is 3.43. The molecule has 2 aromatic carbocycles. The summed E-state index contributed by atoms with van der Waals surface area (Å²) in [6.45, 7) is 2.50. The van der Waals surface area contributed by atoms with Gasteiger partial charge in [-0.3, -0.25) is 4.79 Å². The van der Waals surface area contributed by atoms with Crippen LogP contribution in [0.25, 0.3) is 0 Å². The summed E-state index contributed by atoms with van der Waals surface area (Å²) in [7, 11) is -3.20. The summed E-state index contributed by atoms with van der Waals surface area (Å²) in [5.74, 6) is 0.664. The summed E-state index contributed by atoms with van der Waals surface area (Å²) >= 11 is 0. The first-order valence-corrected chi connectivity index (χ1v) is 9.55. The third-order valence-electron chi connectivity index (χ3n) is 3.94. The number of carbonyl (C=O) groups is 1. The topological polar surface area (TPSA) is 72.5 Å². The zero-order valence-electron chi connectivity index (χ0n) is 13.4. The Morgan fingerprint density at radius 3 is 2.62 bits per heavy atom. The SMILES string of the molecule is CCOc1ccc(NC(=O)c2ccc3c(c2)CCCS3(=O)=O)cc1. The lowest BCUT2D eigenvalue weighted by Gasteiger charge is -2.17. The van der Waals surface area contributed by atoms with Gasteiger partial charge < -0.3 is 10.1 Å². The number of benzene rings is 2. The largest absolute Gasteiger partial charge is 0.494 e. The van der Waals surface area contributed by atoms with Crippen LogP contribution in [0.2, 0.25) is 0 Å². The predicted octanol–water partition coefficient (Wildman–Crippen LogP) is 3.06. The van der Waals surface area contributed by atoms with Crippen molar-refractivity contribution in [1.29, 1.82) is 0 Å². The molecule has 1 heterocycles. The van der Waals surface area contributed by atoms with Gasteiger partial charge in [-0.15, -0.1) is 0 Å². The molecule has 1 amide bonds. The zero-order valence-corrected chi connectivity index (χ0v) is 14.2. The summed E-state index contributed by atoms with van der Waals surface area (Å²) in [5.41, 5.74) is 1.84. The van der Waals surface area contributed by atoms with E-state index >= 15 is 0 Å². The summed E-state index contributed by atoms with van der Waals surface area (Å²) in [6.07, 6.45) is 1.28. The number of fused-ring (bicyclic) bond motifs is 1. The van der Waals surface area contributed by atoms with Gasteiger partial charge in [-0.25, -0.2) is 8.42 Å². The Kier molecular flexibility index (Phi) is 4.57. The van der Waals surface area contributed by atoms with Gasteiger partial charge in [0.25, 0.3) is 5.91 Å². The Morgan fingerprint density at radius 1 is 1.17 bits per heavy atom. The molecule has 2 aromatic rings. The van der Waals surface area contributed by atoms with E-state index in [4.69, 9.17) is 4.74 Å². The fourth-order valence-corrected chi connectivity index (χ4v) is 4.37. The van der Waals surface area contributed by atoms with E-state index in [0.29, 0.717) is 35.6 Å². The smallest absolute Gasteiger partial charge is 0.255 e. The predicted molar refractivity (Wildman–Crippen MR) is 92.4 cm³/mol. The van der Waals surface area contributed by atoms with Crippen molar-refractivity contribution in [1.82, 2.24) is 0 Å². The van der Waals surface area contributed by atoms with E-state index in [-0.39, 0.29) is 11.7 Å². The maximum Gasteiger partial charge on any atom is 0.255 e. The van der Waals surface area contributed by atoms with Gasteiger partial charge in [0.05, 0.1) is 17.3 Å². The lowest BCUT2D eigenvalue weighted by molar-refractivity contribution is 0.102. The lowest BCUT2D eigenvalue weighted by Crippen LogP contribution is -2.18. The first kappa shape index (κ1) is 16.5. The van der Waals surface area contributed by atoms with Crippen LogP contribution >= 0.6 is 0 Å². The maximum absolute atomic E-state index is 12.4. The third-order valence-corrected chi connectivity index (χ3v) is 5.83. The minimum Gasteiger partial charge on any atom is -0.494 e. The van der Waals surface area contributed by atoms with Gasteiger partial charge in [-0.2, -0.15) is 0 Å². The minimum absolute atomic E-state index is 0.178. The molecule has 0 aliphatic carbocycles. The molecule has 126 valence electrons. The molecule has 0 radical (unpaired) electrons. The van der Waals surface area contributed by atoms with Crippen molar-refractivity contribution in [2.45, 2.75) is 24.7 Å². The molecule has 0 unspecified atom stereocenters. The number of hydrogen-bond acceptors (Lipinski definition) is 4. The van der Waals surface area contributed by atoms with Crippen molar-refractivity contribution in [3.63, 3.8) is 0 Å². The average Bonchev–Trinajstić information content (AvgIpc) is 2.56. The van der Waals surface area contributed by atoms with Crippen LogP contribution < -0.4 is 10.1 Å². The van der Waals surface area contributed by atoms with E-state index in [0.717, 1.165) is 11.3 Å². The summed E-state index contributed by atoms with van der Waals surface area (Å²) in [4.78, 5) is 12.7. The normalized spacial score (nSPS) is 15.4. The summed E-state index contributed by atoms with van der Waals surface area (Å²) in [5, 5.41) is 2.81. The second kappa shape index (κ2) is 6.65. The fraction of sp³-hybridized carbons (Fsp3) is 0.278. The minimum atomic E-state index is -3.20. The Morgan fingerprint density at radius 2 is 1.92 bits per heavy atom. The molecule has 0 saturated carbocycles. The molecule has 0 aromatic heterocycles. The number of rotatable bonds is 4. The first-order chi connectivity index (χ1) is 11.5. The van der Waals surface area contributed by atoms with Crippen LogP contribution in [-0.4, -0.2) is 26.7 Å². The van der Waals surface area contributed by atoms with Crippen molar-refractivity contribution in [3.05, 3.63) is 53.6 Å². The van der Waals surface area contributed by atoms with Crippen LogP contribution in [0.5, 0.6) is 5.75 Å². The molecule has 6 heteroatoms. The summed E-state index contributed by atoms with van der Waals surface area (Å²) in [6, 6.07) is 11.9. The molecule has 1 aliphatic heterocycles. The van der Waals surface area contributed by atoms with Crippen molar-refractivity contribution in [2.75, 3.05) is 17.7 Å². The van der Waals surface area contributed by atoms with E-state index in [1.165, 1.54) is 6.07 Å². The number of aryl methyl sites for hydroxylation is 1. The molecule has 5 nitrogen and oxygen atoms in total. The number of carbonyl (C=O) groups excluding carboxylic acids is 1. The molecule has 24 heavy (non-hydrogen) atoms. The molecule has 1 N–H and O–H groups in total. The molecular weight excluding hydrogens is 326 g/mol. The molecule has 0 saturated heterocycles. The maximum atomic E-state index is 12.4. The van der Waals surface area contributed by atoms with Crippen molar-refractivity contribution >= 4 is 21.4 Å². The monoisotopic (exact) mass is 345 g/mol. The average molecular weight is 345 g/mol. The number of anilines is 1. The first-order valence-electron chi connectivity index (χ1n) is 7.89. The highest BCUT2D eigenvalue weighted by Crippen LogP contribution is 2.26. The van der Waals surface area contributed by atoms with Crippen LogP contribution in [0.1, 0.15) is 29.3 Å². The van der Waals surface area contributed by atoms with Gasteiger partial charge >= 0.3 is 0 Å². The molecular formula is C18H19NO4S. The molecule has 0 spiro atoms. The quantitative estimate of drug-likeness (QED) is 0.924. The van der Waals surface area contributed by atoms with Gasteiger partial charge in [0.1, 0.15) is 5.75 Å². The van der Waals surface area contributed by atoms with Crippen LogP contribution in [0, 0.1) is 0 Å². The number of hydrogen-bond donors (Lipinski definition) is 1. The van der Waals surface area contributed by atoms with E-state index in [9.17, 15) is 13.2 Å². The molecule has 0 fully saturated rings. The van der Waals surface area contributed by atoms with Crippen LogP contribution in [0.3, 0.4) is 0 Å². The molecule has 1 aliphatic rings. The van der Waals surface area contributed by atoms with Crippen molar-refractivity contribution in [2.24, 2.45) is 0 Å². The highest BCUT2D eigenvalue weighted by atomic mass is 32.2. The van der Waals surface area contributed by atoms with Gasteiger partial charge in [0.2, 0.25) is 0 Å². The van der Waals surface area contributed by atoms with E-state index < -0.39 is 9.84 Å². The number of sulfone groups is 1. The number of nitrogens with one attached hydrogen (secondary N) is 1. The van der Waals surface area contributed by atoms with E-state index in [1.807, 2.05) is 6.92 Å². The fourth-order valence-electron chi connectivity index (χ4n) is 2.79. The molecule has 0 atom stereocenters. The highest BCUT2D eigenvalue weighted by Gasteiger charge is 2.24. The van der Waals surface area contributed by atoms with Gasteiger partial charge in [-0.1, -0.05) is 0 Å². The highest BCUT2D eigenvalue weighted by molar-refractivity contribution is 7.91. The zero-order chi connectivity index (χ0) is 17.2. The van der Waals surface area contributed by atoms with Gasteiger partial charge in [-0.05, 0) is 67.8 Å². The van der Waals surface area contributed by atoms with Crippen LogP contribution in [0.4, 0.5) is 5.69 Å². The summed E-state index contributed by atoms with van der Waals surface area (Å²) < 4.78 is 29.4. The van der Waals surface area contributed by atoms with E-state index in [2.05, 4.69) is 5.32 Å². The van der Waals surface area contributed by atoms with Crippen molar-refractivity contribution < 1.29 is 17.9 Å². The Labute approximate surface area is 141 Å². The second-order valence-corrected chi connectivity index (χ2v) is 7.73.